The van der Waals surface area contributed by atoms with E-state index in [1.807, 2.05) is 0 Å². The monoisotopic (exact) mass is 250 g/mol. The van der Waals surface area contributed by atoms with Gasteiger partial charge in [-0.05, 0) is 18.6 Å². The summed E-state index contributed by atoms with van der Waals surface area (Å²) in [6.07, 6.45) is 0.256. The average Bonchev–Trinajstić information content (AvgIpc) is 2.32. The Bertz CT molecular complexity index is 516. The Hall–Kier alpha value is -2.24. The molecule has 6 heteroatoms. The average molecular weight is 250 g/mol. The van der Waals surface area contributed by atoms with E-state index >= 15 is 0 Å². The molecule has 0 bridgehead atoms. The van der Waals surface area contributed by atoms with E-state index in [1.165, 1.54) is 18.2 Å². The zero-order valence-electron chi connectivity index (χ0n) is 9.40. The van der Waals surface area contributed by atoms with Crippen molar-refractivity contribution in [1.29, 1.82) is 0 Å². The van der Waals surface area contributed by atoms with Crippen molar-refractivity contribution < 1.29 is 18.8 Å². The Morgan fingerprint density at radius 3 is 2.72 bits per heavy atom. The number of carbonyl (C=O) groups is 3. The van der Waals surface area contributed by atoms with E-state index in [-0.39, 0.29) is 18.5 Å². The largest absolute Gasteiger partial charge is 0.323 e. The van der Waals surface area contributed by atoms with Gasteiger partial charge in [-0.25, -0.2) is 4.39 Å². The number of piperidine rings is 1. The number of imide groups is 1. The number of para-hydroxylation sites is 1. The molecule has 18 heavy (non-hydrogen) atoms. The third-order valence-electron chi connectivity index (χ3n) is 2.69. The Morgan fingerprint density at radius 2 is 2.06 bits per heavy atom. The van der Waals surface area contributed by atoms with Gasteiger partial charge in [-0.1, -0.05) is 12.1 Å². The molecule has 1 atom stereocenters. The second-order valence-corrected chi connectivity index (χ2v) is 3.97. The number of nitrogens with one attached hydrogen (secondary N) is 2. The van der Waals surface area contributed by atoms with Gasteiger partial charge in [0.05, 0.1) is 5.69 Å². The number of amides is 3. The smallest absolute Gasteiger partial charge is 0.239 e. The maximum absolute atomic E-state index is 13.3. The molecule has 5 nitrogen and oxygen atoms in total. The summed E-state index contributed by atoms with van der Waals surface area (Å²) >= 11 is 0. The first-order valence-corrected chi connectivity index (χ1v) is 5.47. The normalized spacial score (nSPS) is 19.3. The van der Waals surface area contributed by atoms with Crippen LogP contribution in [-0.2, 0) is 14.4 Å². The van der Waals surface area contributed by atoms with Crippen LogP contribution >= 0.6 is 0 Å². The SMILES string of the molecule is O=C1CCC(C(=O)Nc2ccccc2F)C(=O)N1. The van der Waals surface area contributed by atoms with Crippen molar-refractivity contribution in [1.82, 2.24) is 5.32 Å². The van der Waals surface area contributed by atoms with Crippen LogP contribution in [0.5, 0.6) is 0 Å². The number of anilines is 1. The molecule has 0 radical (unpaired) electrons. The maximum atomic E-state index is 13.3. The van der Waals surface area contributed by atoms with Gasteiger partial charge in [-0.2, -0.15) is 0 Å². The fourth-order valence-electron chi connectivity index (χ4n) is 1.73. The van der Waals surface area contributed by atoms with Crippen LogP contribution in [0.2, 0.25) is 0 Å². The lowest BCUT2D eigenvalue weighted by Crippen LogP contribution is -2.45. The molecule has 0 aromatic heterocycles. The first-order chi connectivity index (χ1) is 8.58. The molecule has 2 rings (SSSR count). The van der Waals surface area contributed by atoms with Crippen molar-refractivity contribution in [3.63, 3.8) is 0 Å². The number of hydrogen-bond donors (Lipinski definition) is 2. The van der Waals surface area contributed by atoms with E-state index in [9.17, 15) is 18.8 Å². The van der Waals surface area contributed by atoms with E-state index in [0.29, 0.717) is 0 Å². The van der Waals surface area contributed by atoms with Gasteiger partial charge in [0.15, 0.2) is 0 Å². The quantitative estimate of drug-likeness (QED) is 0.602. The lowest BCUT2D eigenvalue weighted by atomic mass is 9.97. The minimum atomic E-state index is -0.956. The Kier molecular flexibility index (Phi) is 3.36. The molecular weight excluding hydrogens is 239 g/mol. The van der Waals surface area contributed by atoms with Crippen molar-refractivity contribution >= 4 is 23.4 Å². The van der Waals surface area contributed by atoms with Crippen LogP contribution in [0.1, 0.15) is 12.8 Å². The van der Waals surface area contributed by atoms with Crippen LogP contribution in [0.3, 0.4) is 0 Å². The zero-order valence-corrected chi connectivity index (χ0v) is 9.40. The van der Waals surface area contributed by atoms with Gasteiger partial charge in [0.2, 0.25) is 17.7 Å². The van der Waals surface area contributed by atoms with Crippen LogP contribution in [0.4, 0.5) is 10.1 Å². The van der Waals surface area contributed by atoms with Gasteiger partial charge in [0.25, 0.3) is 0 Å². The summed E-state index contributed by atoms with van der Waals surface area (Å²) in [5.74, 6) is -3.17. The van der Waals surface area contributed by atoms with E-state index in [0.717, 1.165) is 0 Å². The van der Waals surface area contributed by atoms with Crippen LogP contribution in [0.25, 0.3) is 0 Å². The Morgan fingerprint density at radius 1 is 1.33 bits per heavy atom. The van der Waals surface area contributed by atoms with Crippen LogP contribution in [0.15, 0.2) is 24.3 Å². The fourth-order valence-corrected chi connectivity index (χ4v) is 1.73. The van der Waals surface area contributed by atoms with Gasteiger partial charge in [0.1, 0.15) is 11.7 Å². The number of carbonyl (C=O) groups excluding carboxylic acids is 3. The van der Waals surface area contributed by atoms with E-state index in [4.69, 9.17) is 0 Å². The van der Waals surface area contributed by atoms with Crippen molar-refractivity contribution in [2.45, 2.75) is 12.8 Å². The van der Waals surface area contributed by atoms with Gasteiger partial charge in [-0.3, -0.25) is 19.7 Å². The lowest BCUT2D eigenvalue weighted by Gasteiger charge is -2.20. The highest BCUT2D eigenvalue weighted by Gasteiger charge is 2.32. The summed E-state index contributed by atoms with van der Waals surface area (Å²) in [7, 11) is 0. The third-order valence-corrected chi connectivity index (χ3v) is 2.69. The molecule has 1 saturated heterocycles. The van der Waals surface area contributed by atoms with E-state index < -0.39 is 29.5 Å². The number of halogens is 1. The summed E-state index contributed by atoms with van der Waals surface area (Å²) in [5, 5.41) is 4.42. The Labute approximate surface area is 102 Å². The number of rotatable bonds is 2. The minimum absolute atomic E-state index is 0.0206. The highest BCUT2D eigenvalue weighted by Crippen LogP contribution is 2.17. The van der Waals surface area contributed by atoms with Crippen LogP contribution in [-0.4, -0.2) is 17.7 Å². The molecule has 3 amide bonds. The molecule has 0 spiro atoms. The summed E-state index contributed by atoms with van der Waals surface area (Å²) in [4.78, 5) is 34.2. The standard InChI is InChI=1S/C12H11FN2O3/c13-8-3-1-2-4-9(8)14-11(17)7-5-6-10(16)15-12(7)18/h1-4,7H,5-6H2,(H,14,17)(H,15,16,18). The van der Waals surface area contributed by atoms with Gasteiger partial charge in [-0.15, -0.1) is 0 Å². The molecule has 1 aromatic rings. The molecule has 1 heterocycles. The molecule has 2 N–H and O–H groups in total. The van der Waals surface area contributed by atoms with Gasteiger partial charge >= 0.3 is 0 Å². The number of benzene rings is 1. The number of hydrogen-bond acceptors (Lipinski definition) is 3. The zero-order chi connectivity index (χ0) is 13.1. The highest BCUT2D eigenvalue weighted by atomic mass is 19.1. The lowest BCUT2D eigenvalue weighted by molar-refractivity contribution is -0.139. The molecular formula is C12H11FN2O3. The summed E-state index contributed by atoms with van der Waals surface area (Å²) < 4.78 is 13.3. The molecule has 0 aliphatic carbocycles. The molecule has 1 aliphatic heterocycles. The predicted octanol–water partition coefficient (Wildman–Crippen LogP) is 0.817. The molecule has 1 aliphatic rings. The van der Waals surface area contributed by atoms with Crippen molar-refractivity contribution in [2.24, 2.45) is 5.92 Å². The summed E-state index contributed by atoms with van der Waals surface area (Å²) in [6, 6.07) is 5.68. The van der Waals surface area contributed by atoms with Crippen molar-refractivity contribution in [3.05, 3.63) is 30.1 Å². The molecule has 1 fully saturated rings. The third kappa shape index (κ3) is 2.53. The maximum Gasteiger partial charge on any atom is 0.239 e. The highest BCUT2D eigenvalue weighted by molar-refractivity contribution is 6.12. The first kappa shape index (κ1) is 12.2. The minimum Gasteiger partial charge on any atom is -0.323 e. The van der Waals surface area contributed by atoms with Crippen LogP contribution < -0.4 is 10.6 Å². The molecule has 1 unspecified atom stereocenters. The first-order valence-electron chi connectivity index (χ1n) is 5.47. The van der Waals surface area contributed by atoms with E-state index in [2.05, 4.69) is 10.6 Å². The molecule has 0 saturated carbocycles. The van der Waals surface area contributed by atoms with Crippen molar-refractivity contribution in [3.8, 4) is 0 Å². The van der Waals surface area contributed by atoms with E-state index in [1.54, 1.807) is 6.07 Å². The molecule has 1 aromatic carbocycles. The fraction of sp³-hybridized carbons (Fsp3) is 0.250. The Balaban J connectivity index is 2.07. The van der Waals surface area contributed by atoms with Crippen molar-refractivity contribution in [2.75, 3.05) is 5.32 Å². The molecule has 94 valence electrons. The van der Waals surface area contributed by atoms with Crippen LogP contribution in [0, 0.1) is 11.7 Å². The summed E-state index contributed by atoms with van der Waals surface area (Å²) in [6.45, 7) is 0. The second-order valence-electron chi connectivity index (χ2n) is 3.97. The topological polar surface area (TPSA) is 75.3 Å². The van der Waals surface area contributed by atoms with Gasteiger partial charge < -0.3 is 5.32 Å². The predicted molar refractivity (Wildman–Crippen MR) is 60.9 cm³/mol. The second kappa shape index (κ2) is 4.95. The van der Waals surface area contributed by atoms with Gasteiger partial charge in [0, 0.05) is 6.42 Å². The summed E-state index contributed by atoms with van der Waals surface area (Å²) in [5.41, 5.74) is 0.0206.